The monoisotopic (exact) mass is 522 g/mol. The van der Waals surface area contributed by atoms with Crippen LogP contribution < -0.4 is 16.6 Å². The average molecular weight is 523 g/mol. The molecule has 1 N–H and O–H groups in total. The van der Waals surface area contributed by atoms with Crippen LogP contribution in [0.3, 0.4) is 0 Å². The molecule has 37 heavy (non-hydrogen) atoms. The number of halogens is 1. The SMILES string of the molecule is O=C(NC1CCC(n2c(=O)c3cc(F)cnc3n(C3CCSCC3)c2=O)CC1)C1Cc2ccccc2C1. The fraction of sp³-hybridized carbons (Fsp3) is 0.500. The fourth-order valence-electron chi connectivity index (χ4n) is 6.34. The van der Waals surface area contributed by atoms with Gasteiger partial charge in [-0.25, -0.2) is 14.2 Å². The number of aromatic nitrogens is 3. The molecule has 1 aliphatic heterocycles. The van der Waals surface area contributed by atoms with Crippen LogP contribution in [0.15, 0.2) is 46.1 Å². The molecule has 3 aliphatic rings. The van der Waals surface area contributed by atoms with Crippen molar-refractivity contribution in [2.24, 2.45) is 5.92 Å². The van der Waals surface area contributed by atoms with Crippen molar-refractivity contribution in [2.75, 3.05) is 11.5 Å². The molecule has 1 saturated carbocycles. The standard InChI is InChI=1S/C28H31FN4O3S/c29-20-15-24-25(30-16-20)32(23-9-11-37-12-10-23)28(36)33(27(24)35)22-7-5-21(6-8-22)31-26(34)19-13-17-3-1-2-4-18(17)14-19/h1-4,15-16,19,21-23H,5-14H2,(H,31,34). The van der Waals surface area contributed by atoms with E-state index < -0.39 is 11.4 Å². The van der Waals surface area contributed by atoms with Crippen LogP contribution in [-0.2, 0) is 17.6 Å². The zero-order valence-corrected chi connectivity index (χ0v) is 21.5. The molecule has 0 radical (unpaired) electrons. The zero-order chi connectivity index (χ0) is 25.5. The smallest absolute Gasteiger partial charge is 0.333 e. The number of hydrogen-bond acceptors (Lipinski definition) is 5. The van der Waals surface area contributed by atoms with Crippen LogP contribution in [-0.4, -0.2) is 37.6 Å². The highest BCUT2D eigenvalue weighted by atomic mass is 32.2. The Labute approximate surface area is 218 Å². The lowest BCUT2D eigenvalue weighted by molar-refractivity contribution is -0.125. The number of nitrogens with one attached hydrogen (secondary N) is 1. The molecule has 2 fully saturated rings. The molecule has 3 heterocycles. The molecule has 194 valence electrons. The highest BCUT2D eigenvalue weighted by molar-refractivity contribution is 7.99. The zero-order valence-electron chi connectivity index (χ0n) is 20.7. The average Bonchev–Trinajstić information content (AvgIpc) is 3.36. The highest BCUT2D eigenvalue weighted by Gasteiger charge is 2.32. The van der Waals surface area contributed by atoms with Crippen molar-refractivity contribution in [2.45, 2.75) is 69.5 Å². The second-order valence-corrected chi connectivity index (χ2v) is 11.8. The van der Waals surface area contributed by atoms with Gasteiger partial charge in [-0.2, -0.15) is 11.8 Å². The molecular formula is C28H31FN4O3S. The third-order valence-corrected chi connectivity index (χ3v) is 9.36. The van der Waals surface area contributed by atoms with Crippen LogP contribution in [0.2, 0.25) is 0 Å². The van der Waals surface area contributed by atoms with Crippen molar-refractivity contribution in [3.8, 4) is 0 Å². The largest absolute Gasteiger partial charge is 0.353 e. The molecule has 7 nitrogen and oxygen atoms in total. The summed E-state index contributed by atoms with van der Waals surface area (Å²) in [4.78, 5) is 44.3. The van der Waals surface area contributed by atoms with Gasteiger partial charge in [0, 0.05) is 24.0 Å². The normalized spacial score (nSPS) is 22.7. The van der Waals surface area contributed by atoms with E-state index in [4.69, 9.17) is 0 Å². The summed E-state index contributed by atoms with van der Waals surface area (Å²) in [7, 11) is 0. The maximum atomic E-state index is 14.1. The summed E-state index contributed by atoms with van der Waals surface area (Å²) >= 11 is 1.85. The lowest BCUT2D eigenvalue weighted by Crippen LogP contribution is -2.47. The topological polar surface area (TPSA) is 86.0 Å². The Morgan fingerprint density at radius 2 is 1.59 bits per heavy atom. The van der Waals surface area contributed by atoms with Gasteiger partial charge < -0.3 is 5.32 Å². The number of rotatable bonds is 4. The molecule has 6 rings (SSSR count). The predicted octanol–water partition coefficient (Wildman–Crippen LogP) is 3.78. The molecule has 0 spiro atoms. The molecule has 1 amide bonds. The van der Waals surface area contributed by atoms with Gasteiger partial charge in [-0.3, -0.25) is 18.7 Å². The van der Waals surface area contributed by atoms with Crippen LogP contribution in [0.4, 0.5) is 4.39 Å². The quantitative estimate of drug-likeness (QED) is 0.564. The number of carbonyl (C=O) groups is 1. The minimum Gasteiger partial charge on any atom is -0.353 e. The van der Waals surface area contributed by atoms with E-state index in [1.54, 1.807) is 4.57 Å². The first kappa shape index (κ1) is 24.4. The Morgan fingerprint density at radius 3 is 2.27 bits per heavy atom. The van der Waals surface area contributed by atoms with Crippen molar-refractivity contribution in [1.82, 2.24) is 19.4 Å². The highest BCUT2D eigenvalue weighted by Crippen LogP contribution is 2.31. The number of pyridine rings is 1. The molecule has 2 aliphatic carbocycles. The van der Waals surface area contributed by atoms with E-state index >= 15 is 0 Å². The molecule has 0 atom stereocenters. The van der Waals surface area contributed by atoms with Gasteiger partial charge in [0.05, 0.1) is 11.6 Å². The van der Waals surface area contributed by atoms with Crippen LogP contribution in [0.25, 0.3) is 11.0 Å². The number of fused-ring (bicyclic) bond motifs is 2. The number of amides is 1. The lowest BCUT2D eigenvalue weighted by atomic mass is 9.90. The van der Waals surface area contributed by atoms with Gasteiger partial charge in [0.1, 0.15) is 11.5 Å². The third kappa shape index (κ3) is 4.62. The van der Waals surface area contributed by atoms with Gasteiger partial charge in [-0.05, 0) is 80.1 Å². The first-order valence-corrected chi connectivity index (χ1v) is 14.4. The fourth-order valence-corrected chi connectivity index (χ4v) is 7.42. The molecule has 1 saturated heterocycles. The summed E-state index contributed by atoms with van der Waals surface area (Å²) in [5.74, 6) is 1.34. The Kier molecular flexibility index (Phi) is 6.65. The second kappa shape index (κ2) is 10.1. The van der Waals surface area contributed by atoms with E-state index in [9.17, 15) is 18.8 Å². The lowest BCUT2D eigenvalue weighted by Gasteiger charge is -2.32. The summed E-state index contributed by atoms with van der Waals surface area (Å²) in [5.41, 5.74) is 1.97. The van der Waals surface area contributed by atoms with Gasteiger partial charge in [0.15, 0.2) is 0 Å². The number of benzene rings is 1. The Morgan fingerprint density at radius 1 is 0.946 bits per heavy atom. The maximum absolute atomic E-state index is 14.1. The summed E-state index contributed by atoms with van der Waals surface area (Å²) in [5, 5.41) is 3.39. The maximum Gasteiger partial charge on any atom is 0.333 e. The van der Waals surface area contributed by atoms with Crippen molar-refractivity contribution >= 4 is 28.7 Å². The molecule has 2 aromatic heterocycles. The van der Waals surface area contributed by atoms with Crippen LogP contribution >= 0.6 is 11.8 Å². The van der Waals surface area contributed by atoms with E-state index in [1.807, 2.05) is 23.9 Å². The summed E-state index contributed by atoms with van der Waals surface area (Å²) < 4.78 is 17.1. The van der Waals surface area contributed by atoms with E-state index in [-0.39, 0.29) is 46.7 Å². The minimum absolute atomic E-state index is 0.0281. The van der Waals surface area contributed by atoms with Crippen LogP contribution in [0, 0.1) is 11.7 Å². The van der Waals surface area contributed by atoms with Crippen molar-refractivity contribution in [3.63, 3.8) is 0 Å². The van der Waals surface area contributed by atoms with Crippen molar-refractivity contribution in [3.05, 3.63) is 74.3 Å². The summed E-state index contributed by atoms with van der Waals surface area (Å²) in [6.07, 6.45) is 6.88. The second-order valence-electron chi connectivity index (χ2n) is 10.6. The Bertz CT molecular complexity index is 1430. The van der Waals surface area contributed by atoms with E-state index in [0.717, 1.165) is 43.4 Å². The van der Waals surface area contributed by atoms with Gasteiger partial charge in [0.25, 0.3) is 5.56 Å². The number of carbonyl (C=O) groups excluding carboxylic acids is 1. The van der Waals surface area contributed by atoms with Crippen LogP contribution in [0.1, 0.15) is 61.7 Å². The molecule has 9 heteroatoms. The van der Waals surface area contributed by atoms with Gasteiger partial charge in [-0.1, -0.05) is 24.3 Å². The first-order valence-electron chi connectivity index (χ1n) is 13.3. The van der Waals surface area contributed by atoms with E-state index in [1.165, 1.54) is 21.8 Å². The molecule has 0 unspecified atom stereocenters. The molecule has 0 bridgehead atoms. The Hall–Kier alpha value is -2.94. The first-order chi connectivity index (χ1) is 18.0. The Balaban J connectivity index is 1.21. The molecule has 3 aromatic rings. The number of hydrogen-bond donors (Lipinski definition) is 1. The van der Waals surface area contributed by atoms with Crippen molar-refractivity contribution < 1.29 is 9.18 Å². The summed E-state index contributed by atoms with van der Waals surface area (Å²) in [6, 6.07) is 9.13. The summed E-state index contributed by atoms with van der Waals surface area (Å²) in [6.45, 7) is 0. The predicted molar refractivity (Wildman–Crippen MR) is 143 cm³/mol. The molecular weight excluding hydrogens is 491 g/mol. The van der Waals surface area contributed by atoms with E-state index in [2.05, 4.69) is 22.4 Å². The van der Waals surface area contributed by atoms with Gasteiger partial charge >= 0.3 is 5.69 Å². The number of thioether (sulfide) groups is 1. The third-order valence-electron chi connectivity index (χ3n) is 8.31. The molecule has 1 aromatic carbocycles. The van der Waals surface area contributed by atoms with Gasteiger partial charge in [-0.15, -0.1) is 0 Å². The van der Waals surface area contributed by atoms with Crippen LogP contribution in [0.5, 0.6) is 0 Å². The van der Waals surface area contributed by atoms with Gasteiger partial charge in [0.2, 0.25) is 5.91 Å². The van der Waals surface area contributed by atoms with Crippen molar-refractivity contribution in [1.29, 1.82) is 0 Å². The number of nitrogens with zero attached hydrogens (tertiary/aromatic N) is 3. The minimum atomic E-state index is -0.582. The van der Waals surface area contributed by atoms with E-state index in [0.29, 0.717) is 25.7 Å².